The number of hydrogen-bond acceptors (Lipinski definition) is 3. The van der Waals surface area contributed by atoms with Crippen LogP contribution in [-0.4, -0.2) is 22.4 Å². The third-order valence-corrected chi connectivity index (χ3v) is 2.15. The van der Waals surface area contributed by atoms with Gasteiger partial charge in [0.1, 0.15) is 0 Å². The Balaban J connectivity index is 3.63. The molecular formula is C5H11NOS. The van der Waals surface area contributed by atoms with Gasteiger partial charge in [-0.05, 0) is 20.1 Å². The molecule has 0 fully saturated rings. The minimum absolute atomic E-state index is 0.333. The van der Waals surface area contributed by atoms with Crippen LogP contribution < -0.4 is 0 Å². The molecule has 0 aromatic carbocycles. The van der Waals surface area contributed by atoms with Crippen LogP contribution in [0.3, 0.4) is 0 Å². The van der Waals surface area contributed by atoms with Gasteiger partial charge in [0.05, 0.1) is 5.71 Å². The Morgan fingerprint density at radius 2 is 2.25 bits per heavy atom. The predicted molar refractivity (Wildman–Crippen MR) is 37.9 cm³/mol. The van der Waals surface area contributed by atoms with E-state index in [2.05, 4.69) is 5.16 Å². The van der Waals surface area contributed by atoms with Crippen LogP contribution in [-0.2, 0) is 0 Å². The van der Waals surface area contributed by atoms with Gasteiger partial charge in [0, 0.05) is 5.25 Å². The lowest BCUT2D eigenvalue weighted by atomic mass is 10.3. The lowest BCUT2D eigenvalue weighted by Gasteiger charge is -2.02. The fourth-order valence-corrected chi connectivity index (χ4v) is 0.640. The molecule has 3 heteroatoms. The van der Waals surface area contributed by atoms with Gasteiger partial charge in [0.25, 0.3) is 0 Å². The zero-order chi connectivity index (χ0) is 6.57. The van der Waals surface area contributed by atoms with E-state index in [-0.39, 0.29) is 0 Å². The highest BCUT2D eigenvalue weighted by atomic mass is 32.2. The number of rotatable bonds is 2. The molecule has 0 aliphatic rings. The summed E-state index contributed by atoms with van der Waals surface area (Å²) >= 11 is 1.67. The third kappa shape index (κ3) is 2.21. The first-order valence-corrected chi connectivity index (χ1v) is 3.72. The highest BCUT2D eigenvalue weighted by molar-refractivity contribution is 7.99. The maximum atomic E-state index is 8.21. The summed E-state index contributed by atoms with van der Waals surface area (Å²) in [5, 5.41) is 11.6. The monoisotopic (exact) mass is 133 g/mol. The van der Waals surface area contributed by atoms with Crippen molar-refractivity contribution in [3.63, 3.8) is 0 Å². The molecule has 0 saturated carbocycles. The summed E-state index contributed by atoms with van der Waals surface area (Å²) in [4.78, 5) is 0. The summed E-state index contributed by atoms with van der Waals surface area (Å²) in [5.74, 6) is 0. The van der Waals surface area contributed by atoms with Crippen LogP contribution in [0.4, 0.5) is 0 Å². The van der Waals surface area contributed by atoms with Crippen LogP contribution in [0.5, 0.6) is 0 Å². The molecule has 0 spiro atoms. The first-order valence-electron chi connectivity index (χ1n) is 2.43. The highest BCUT2D eigenvalue weighted by Gasteiger charge is 2.01. The molecule has 8 heavy (non-hydrogen) atoms. The number of oxime groups is 1. The van der Waals surface area contributed by atoms with E-state index in [4.69, 9.17) is 5.21 Å². The fourth-order valence-electron chi connectivity index (χ4n) is 0.252. The molecule has 0 heterocycles. The molecule has 0 aromatic heterocycles. The molecule has 1 unspecified atom stereocenters. The van der Waals surface area contributed by atoms with Gasteiger partial charge in [0.15, 0.2) is 0 Å². The zero-order valence-corrected chi connectivity index (χ0v) is 6.20. The standard InChI is InChI=1S/C5H11NOS/c1-4(6-7)5(2)8-3/h5,7H,1-3H3. The fraction of sp³-hybridized carbons (Fsp3) is 0.800. The van der Waals surface area contributed by atoms with E-state index in [0.717, 1.165) is 5.71 Å². The summed E-state index contributed by atoms with van der Waals surface area (Å²) in [6, 6.07) is 0. The van der Waals surface area contributed by atoms with Crippen LogP contribution in [0, 0.1) is 0 Å². The van der Waals surface area contributed by atoms with Crippen molar-refractivity contribution < 1.29 is 5.21 Å². The van der Waals surface area contributed by atoms with Gasteiger partial charge in [0.2, 0.25) is 0 Å². The second-order valence-corrected chi connectivity index (χ2v) is 2.80. The lowest BCUT2D eigenvalue weighted by Crippen LogP contribution is -2.07. The first kappa shape index (κ1) is 7.82. The predicted octanol–water partition coefficient (Wildman–Crippen LogP) is 1.59. The molecule has 0 saturated heterocycles. The Morgan fingerprint density at radius 1 is 1.75 bits per heavy atom. The van der Waals surface area contributed by atoms with E-state index >= 15 is 0 Å². The molecule has 0 aromatic rings. The Hall–Kier alpha value is -0.180. The molecule has 0 aliphatic heterocycles. The van der Waals surface area contributed by atoms with Crippen LogP contribution >= 0.6 is 11.8 Å². The van der Waals surface area contributed by atoms with Crippen molar-refractivity contribution in [3.8, 4) is 0 Å². The van der Waals surface area contributed by atoms with Crippen molar-refractivity contribution >= 4 is 17.5 Å². The van der Waals surface area contributed by atoms with Crippen molar-refractivity contribution in [2.75, 3.05) is 6.26 Å². The number of nitrogens with zero attached hydrogens (tertiary/aromatic N) is 1. The molecule has 0 bridgehead atoms. The minimum atomic E-state index is 0.333. The van der Waals surface area contributed by atoms with E-state index in [1.165, 1.54) is 0 Å². The quantitative estimate of drug-likeness (QED) is 0.352. The van der Waals surface area contributed by atoms with Crippen molar-refractivity contribution in [3.05, 3.63) is 0 Å². The van der Waals surface area contributed by atoms with Crippen molar-refractivity contribution in [1.29, 1.82) is 0 Å². The van der Waals surface area contributed by atoms with Crippen LogP contribution in [0.25, 0.3) is 0 Å². The number of thioether (sulfide) groups is 1. The molecule has 0 amide bonds. The second-order valence-electron chi connectivity index (χ2n) is 1.62. The summed E-state index contributed by atoms with van der Waals surface area (Å²) in [7, 11) is 0. The largest absolute Gasteiger partial charge is 0.411 e. The normalized spacial score (nSPS) is 16.1. The minimum Gasteiger partial charge on any atom is -0.411 e. The van der Waals surface area contributed by atoms with Gasteiger partial charge in [-0.15, -0.1) is 0 Å². The Morgan fingerprint density at radius 3 is 2.38 bits per heavy atom. The van der Waals surface area contributed by atoms with E-state index in [1.807, 2.05) is 13.2 Å². The zero-order valence-electron chi connectivity index (χ0n) is 5.38. The SMILES string of the molecule is CSC(C)C(C)=NO. The van der Waals surface area contributed by atoms with Crippen molar-refractivity contribution in [1.82, 2.24) is 0 Å². The van der Waals surface area contributed by atoms with E-state index in [0.29, 0.717) is 5.25 Å². The smallest absolute Gasteiger partial charge is 0.0666 e. The summed E-state index contributed by atoms with van der Waals surface area (Å²) in [6.07, 6.45) is 1.99. The van der Waals surface area contributed by atoms with Gasteiger partial charge in [-0.1, -0.05) is 5.16 Å². The topological polar surface area (TPSA) is 32.6 Å². The van der Waals surface area contributed by atoms with Crippen LogP contribution in [0.15, 0.2) is 5.16 Å². The molecule has 1 atom stereocenters. The third-order valence-electron chi connectivity index (χ3n) is 1.10. The number of hydrogen-bond donors (Lipinski definition) is 1. The Labute approximate surface area is 54.0 Å². The molecular weight excluding hydrogens is 122 g/mol. The first-order chi connectivity index (χ1) is 3.72. The molecule has 48 valence electrons. The summed E-state index contributed by atoms with van der Waals surface area (Å²) in [5.41, 5.74) is 0.775. The molecule has 0 aliphatic carbocycles. The maximum absolute atomic E-state index is 8.21. The maximum Gasteiger partial charge on any atom is 0.0666 e. The lowest BCUT2D eigenvalue weighted by molar-refractivity contribution is 0.318. The highest BCUT2D eigenvalue weighted by Crippen LogP contribution is 2.05. The molecule has 1 N–H and O–H groups in total. The van der Waals surface area contributed by atoms with Gasteiger partial charge in [-0.3, -0.25) is 0 Å². The van der Waals surface area contributed by atoms with Crippen LogP contribution in [0.2, 0.25) is 0 Å². The average Bonchev–Trinajstić information content (AvgIpc) is 1.84. The van der Waals surface area contributed by atoms with Gasteiger partial charge < -0.3 is 5.21 Å². The van der Waals surface area contributed by atoms with E-state index in [9.17, 15) is 0 Å². The van der Waals surface area contributed by atoms with Crippen LogP contribution in [0.1, 0.15) is 13.8 Å². The molecule has 2 nitrogen and oxygen atoms in total. The van der Waals surface area contributed by atoms with Crippen molar-refractivity contribution in [2.24, 2.45) is 5.16 Å². The Bertz CT molecular complexity index is 92.4. The van der Waals surface area contributed by atoms with Gasteiger partial charge in [-0.25, -0.2) is 0 Å². The van der Waals surface area contributed by atoms with Gasteiger partial charge >= 0.3 is 0 Å². The van der Waals surface area contributed by atoms with E-state index in [1.54, 1.807) is 18.7 Å². The van der Waals surface area contributed by atoms with Gasteiger partial charge in [-0.2, -0.15) is 11.8 Å². The molecule has 0 radical (unpaired) electrons. The average molecular weight is 133 g/mol. The van der Waals surface area contributed by atoms with E-state index < -0.39 is 0 Å². The van der Waals surface area contributed by atoms with Crippen molar-refractivity contribution in [2.45, 2.75) is 19.1 Å². The molecule has 0 rings (SSSR count). The Kier molecular flexibility index (Phi) is 3.69. The second kappa shape index (κ2) is 3.78. The summed E-state index contributed by atoms with van der Waals surface area (Å²) < 4.78 is 0. The summed E-state index contributed by atoms with van der Waals surface area (Å²) in [6.45, 7) is 3.81.